The molecule has 3 heteroatoms. The van der Waals surface area contributed by atoms with Gasteiger partial charge in [0, 0.05) is 23.5 Å². The first-order valence-corrected chi connectivity index (χ1v) is 12.8. The van der Waals surface area contributed by atoms with Gasteiger partial charge in [-0.3, -0.25) is 4.79 Å². The summed E-state index contributed by atoms with van der Waals surface area (Å²) in [7, 11) is 0. The maximum Gasteiger partial charge on any atom is 0.250 e. The van der Waals surface area contributed by atoms with E-state index in [9.17, 15) is 4.79 Å². The summed E-state index contributed by atoms with van der Waals surface area (Å²) in [6.07, 6.45) is 5.36. The van der Waals surface area contributed by atoms with E-state index in [-0.39, 0.29) is 16.7 Å². The first kappa shape index (κ1) is 24.3. The Labute approximate surface area is 205 Å². The van der Waals surface area contributed by atoms with Gasteiger partial charge in [0.2, 0.25) is 0 Å². The van der Waals surface area contributed by atoms with E-state index in [1.165, 1.54) is 40.7 Å². The predicted molar refractivity (Wildman–Crippen MR) is 143 cm³/mol. The molecule has 1 heterocycles. The lowest BCUT2D eigenvalue weighted by Crippen LogP contribution is -2.34. The minimum atomic E-state index is -0.349. The molecule has 1 amide bonds. The molecule has 180 valence electrons. The number of aromatic nitrogens is 1. The molecule has 3 nitrogen and oxygen atoms in total. The number of aryl methyl sites for hydroxylation is 2. The summed E-state index contributed by atoms with van der Waals surface area (Å²) < 4.78 is 2.32. The van der Waals surface area contributed by atoms with E-state index in [4.69, 9.17) is 5.73 Å². The highest BCUT2D eigenvalue weighted by Crippen LogP contribution is 2.48. The van der Waals surface area contributed by atoms with Gasteiger partial charge in [-0.05, 0) is 84.2 Å². The number of nitrogens with two attached hydrogens (primary N) is 1. The van der Waals surface area contributed by atoms with Crippen molar-refractivity contribution in [2.45, 2.75) is 91.0 Å². The number of primary amides is 1. The lowest BCUT2D eigenvalue weighted by molar-refractivity contribution is 0.0999. The van der Waals surface area contributed by atoms with Crippen molar-refractivity contribution < 1.29 is 4.79 Å². The van der Waals surface area contributed by atoms with Crippen molar-refractivity contribution in [3.8, 4) is 11.3 Å². The Hall–Kier alpha value is -2.81. The van der Waals surface area contributed by atoms with Crippen LogP contribution in [0.3, 0.4) is 0 Å². The highest BCUT2D eigenvalue weighted by molar-refractivity contribution is 5.96. The zero-order valence-corrected chi connectivity index (χ0v) is 21.8. The van der Waals surface area contributed by atoms with E-state index in [2.05, 4.69) is 81.7 Å². The number of fused-ring (bicyclic) bond motifs is 1. The zero-order chi connectivity index (χ0) is 24.7. The van der Waals surface area contributed by atoms with Gasteiger partial charge in [-0.2, -0.15) is 0 Å². The first-order valence-electron chi connectivity index (χ1n) is 12.8. The maximum atomic E-state index is 12.3. The van der Waals surface area contributed by atoms with E-state index < -0.39 is 0 Å². The van der Waals surface area contributed by atoms with Crippen LogP contribution in [0.2, 0.25) is 0 Å². The Bertz CT molecular complexity index is 1200. The summed E-state index contributed by atoms with van der Waals surface area (Å²) in [4.78, 5) is 12.3. The van der Waals surface area contributed by atoms with Gasteiger partial charge in [0.25, 0.3) is 5.91 Å². The van der Waals surface area contributed by atoms with Gasteiger partial charge in [0.1, 0.15) is 0 Å². The van der Waals surface area contributed by atoms with Gasteiger partial charge in [-0.15, -0.1) is 0 Å². The Morgan fingerprint density at radius 3 is 2.18 bits per heavy atom. The molecule has 3 aromatic rings. The van der Waals surface area contributed by atoms with E-state index in [1.807, 2.05) is 13.0 Å². The van der Waals surface area contributed by atoms with Gasteiger partial charge in [-0.25, -0.2) is 0 Å². The second-order valence-corrected chi connectivity index (χ2v) is 11.3. The van der Waals surface area contributed by atoms with Crippen LogP contribution in [-0.2, 0) is 30.2 Å². The third-order valence-electron chi connectivity index (χ3n) is 8.06. The molecule has 1 aliphatic rings. The summed E-state index contributed by atoms with van der Waals surface area (Å²) in [5.41, 5.74) is 15.7. The normalized spacial score (nSPS) is 16.3. The number of rotatable bonds is 7. The van der Waals surface area contributed by atoms with Crippen molar-refractivity contribution in [1.82, 2.24) is 4.57 Å². The lowest BCUT2D eigenvalue weighted by atomic mass is 9.62. The number of hydrogen-bond donors (Lipinski definition) is 1. The average Bonchev–Trinajstić information content (AvgIpc) is 3.13. The fourth-order valence-electron chi connectivity index (χ4n) is 5.68. The fraction of sp³-hybridized carbons (Fsp3) is 0.452. The number of carbonyl (C=O) groups is 1. The monoisotopic (exact) mass is 456 g/mol. The van der Waals surface area contributed by atoms with Crippen LogP contribution in [0.4, 0.5) is 0 Å². The quantitative estimate of drug-likeness (QED) is 0.405. The molecule has 0 unspecified atom stereocenters. The van der Waals surface area contributed by atoms with E-state index in [0.717, 1.165) is 37.2 Å². The number of amides is 1. The van der Waals surface area contributed by atoms with Crippen molar-refractivity contribution in [3.05, 3.63) is 82.0 Å². The lowest BCUT2D eigenvalue weighted by Gasteiger charge is -2.42. The number of benzene rings is 2. The van der Waals surface area contributed by atoms with Crippen LogP contribution in [0.1, 0.15) is 92.2 Å². The van der Waals surface area contributed by atoms with Gasteiger partial charge in [0.15, 0.2) is 0 Å². The molecule has 0 bridgehead atoms. The largest absolute Gasteiger partial charge is 0.366 e. The topological polar surface area (TPSA) is 48.0 Å². The molecular formula is C31H40N2O. The number of nitrogens with zero attached hydrogens (tertiary/aromatic N) is 1. The van der Waals surface area contributed by atoms with Crippen molar-refractivity contribution in [2.24, 2.45) is 5.73 Å². The molecule has 0 saturated heterocycles. The van der Waals surface area contributed by atoms with Crippen LogP contribution < -0.4 is 5.73 Å². The highest BCUT2D eigenvalue weighted by atomic mass is 16.1. The molecule has 1 aliphatic carbocycles. The Morgan fingerprint density at radius 1 is 0.971 bits per heavy atom. The summed E-state index contributed by atoms with van der Waals surface area (Å²) in [5.74, 6) is -0.349. The molecule has 4 rings (SSSR count). The van der Waals surface area contributed by atoms with Crippen molar-refractivity contribution >= 4 is 5.91 Å². The maximum absolute atomic E-state index is 12.3. The molecule has 0 saturated carbocycles. The third kappa shape index (κ3) is 4.45. The van der Waals surface area contributed by atoms with Crippen LogP contribution in [0.15, 0.2) is 48.5 Å². The Balaban J connectivity index is 1.82. The smallest absolute Gasteiger partial charge is 0.250 e. The molecular weight excluding hydrogens is 416 g/mol. The molecule has 0 spiro atoms. The van der Waals surface area contributed by atoms with Crippen molar-refractivity contribution in [1.29, 1.82) is 0 Å². The summed E-state index contributed by atoms with van der Waals surface area (Å²) in [5, 5.41) is 0. The third-order valence-corrected chi connectivity index (χ3v) is 8.06. The van der Waals surface area contributed by atoms with Crippen LogP contribution in [0.5, 0.6) is 0 Å². The zero-order valence-electron chi connectivity index (χ0n) is 21.8. The van der Waals surface area contributed by atoms with Crippen LogP contribution >= 0.6 is 0 Å². The predicted octanol–water partition coefficient (Wildman–Crippen LogP) is 7.11. The molecule has 34 heavy (non-hydrogen) atoms. The second-order valence-electron chi connectivity index (χ2n) is 11.3. The molecule has 0 aliphatic heterocycles. The molecule has 0 atom stereocenters. The fourth-order valence-corrected chi connectivity index (χ4v) is 5.68. The van der Waals surface area contributed by atoms with Crippen molar-refractivity contribution in [2.75, 3.05) is 0 Å². The van der Waals surface area contributed by atoms with Gasteiger partial charge >= 0.3 is 0 Å². The minimum absolute atomic E-state index is 0.137. The summed E-state index contributed by atoms with van der Waals surface area (Å²) in [6, 6.07) is 17.5. The first-order chi connectivity index (χ1) is 16.0. The standard InChI is InChI=1S/C31H40N2O/c1-7-23-18-26-27(31(5,6)16-15-30(26,3)4)19-25(23)28-20-24(29(32)34)21(2)33(28)17-11-14-22-12-9-8-10-13-22/h8-10,12-13,18-20H,7,11,14-17H2,1-6H3,(H2,32,34). The van der Waals surface area contributed by atoms with Crippen LogP contribution in [-0.4, -0.2) is 10.5 Å². The average molecular weight is 457 g/mol. The number of hydrogen-bond acceptors (Lipinski definition) is 1. The van der Waals surface area contributed by atoms with Gasteiger partial charge in [0.05, 0.1) is 5.56 Å². The molecule has 2 N–H and O–H groups in total. The van der Waals surface area contributed by atoms with Gasteiger partial charge in [-0.1, -0.05) is 71.0 Å². The van der Waals surface area contributed by atoms with Crippen molar-refractivity contribution in [3.63, 3.8) is 0 Å². The summed E-state index contributed by atoms with van der Waals surface area (Å²) >= 11 is 0. The molecule has 1 aromatic heterocycles. The molecule has 0 fully saturated rings. The van der Waals surface area contributed by atoms with Crippen LogP contribution in [0, 0.1) is 6.92 Å². The van der Waals surface area contributed by atoms with Crippen LogP contribution in [0.25, 0.3) is 11.3 Å². The second kappa shape index (κ2) is 9.09. The molecule has 0 radical (unpaired) electrons. The van der Waals surface area contributed by atoms with E-state index in [1.54, 1.807) is 0 Å². The minimum Gasteiger partial charge on any atom is -0.366 e. The molecule has 2 aromatic carbocycles. The SMILES string of the molecule is CCc1cc2c(cc1-c1cc(C(N)=O)c(C)n1CCCc1ccccc1)C(C)(C)CCC2(C)C. The van der Waals surface area contributed by atoms with Gasteiger partial charge < -0.3 is 10.3 Å². The van der Waals surface area contributed by atoms with E-state index in [0.29, 0.717) is 5.56 Å². The number of carbonyl (C=O) groups excluding carboxylic acids is 1. The Kier molecular flexibility index (Phi) is 6.50. The Morgan fingerprint density at radius 2 is 1.59 bits per heavy atom. The summed E-state index contributed by atoms with van der Waals surface area (Å²) in [6.45, 7) is 14.6. The highest BCUT2D eigenvalue weighted by Gasteiger charge is 2.38. The van der Waals surface area contributed by atoms with E-state index >= 15 is 0 Å².